The Balaban J connectivity index is 2.41. The third-order valence-corrected chi connectivity index (χ3v) is 19.3. The Morgan fingerprint density at radius 2 is 1.64 bits per heavy atom. The van der Waals surface area contributed by atoms with Crippen LogP contribution in [0.4, 0.5) is 0 Å². The van der Waals surface area contributed by atoms with Crippen molar-refractivity contribution in [1.82, 2.24) is 0 Å². The lowest BCUT2D eigenvalue weighted by Crippen LogP contribution is -2.45. The van der Waals surface area contributed by atoms with Crippen LogP contribution in [0, 0.1) is 23.7 Å². The maximum atomic E-state index is 11.9. The molecule has 0 bridgehead atoms. The molecule has 0 radical (unpaired) electrons. The molecule has 226 valence electrons. The molecule has 2 aliphatic rings. The largest absolute Gasteiger partial charge is 0.458 e. The summed E-state index contributed by atoms with van der Waals surface area (Å²) in [6.45, 7) is 33.8. The molecule has 0 spiro atoms. The normalized spacial score (nSPS) is 28.1. The van der Waals surface area contributed by atoms with Crippen LogP contribution in [0.25, 0.3) is 0 Å². The highest BCUT2D eigenvalue weighted by Gasteiger charge is 2.54. The number of fused-ring (bicyclic) bond motifs is 1. The monoisotopic (exact) mass is 578 g/mol. The molecule has 0 amide bonds. The second kappa shape index (κ2) is 13.1. The van der Waals surface area contributed by atoms with Gasteiger partial charge in [-0.1, -0.05) is 93.4 Å². The average molecular weight is 579 g/mol. The SMILES string of the molecule is C=C1C[C@@H]2[C@H](/C=C/[C@H](C[C@H](C)CCCC)O[Si](C)(C)C(C)(C)C)[C@H](O[Si](C)(C)C(C)(C)C)C[C@@H]2C1OC(C)=O. The van der Waals surface area contributed by atoms with Gasteiger partial charge in [-0.3, -0.25) is 4.79 Å². The van der Waals surface area contributed by atoms with Gasteiger partial charge in [-0.2, -0.15) is 0 Å². The summed E-state index contributed by atoms with van der Waals surface area (Å²) in [5.74, 6) is 1.34. The van der Waals surface area contributed by atoms with Gasteiger partial charge in [0.1, 0.15) is 6.10 Å². The van der Waals surface area contributed by atoms with Crippen LogP contribution in [0.2, 0.25) is 36.3 Å². The molecule has 0 heterocycles. The first kappa shape index (κ1) is 34.5. The summed E-state index contributed by atoms with van der Waals surface area (Å²) in [6.07, 6.45) is 11.5. The Morgan fingerprint density at radius 3 is 2.15 bits per heavy atom. The first-order valence-electron chi connectivity index (χ1n) is 15.6. The molecule has 0 aromatic rings. The second-order valence-electron chi connectivity index (χ2n) is 15.7. The zero-order valence-corrected chi connectivity index (χ0v) is 29.8. The van der Waals surface area contributed by atoms with Crippen LogP contribution >= 0.6 is 0 Å². The van der Waals surface area contributed by atoms with Crippen molar-refractivity contribution < 1.29 is 18.4 Å². The quantitative estimate of drug-likeness (QED) is 0.131. The predicted molar refractivity (Wildman–Crippen MR) is 171 cm³/mol. The summed E-state index contributed by atoms with van der Waals surface area (Å²) in [4.78, 5) is 11.9. The highest BCUT2D eigenvalue weighted by molar-refractivity contribution is 6.74. The van der Waals surface area contributed by atoms with Crippen LogP contribution in [0.1, 0.15) is 101 Å². The number of ether oxygens (including phenoxy) is 1. The Labute approximate surface area is 244 Å². The summed E-state index contributed by atoms with van der Waals surface area (Å²) < 4.78 is 20.0. The van der Waals surface area contributed by atoms with Gasteiger partial charge in [-0.15, -0.1) is 0 Å². The van der Waals surface area contributed by atoms with E-state index in [-0.39, 0.29) is 46.2 Å². The van der Waals surface area contributed by atoms with Gasteiger partial charge in [-0.25, -0.2) is 0 Å². The number of unbranched alkanes of at least 4 members (excludes halogenated alkanes) is 1. The molecule has 6 heteroatoms. The minimum atomic E-state index is -1.98. The van der Waals surface area contributed by atoms with E-state index in [1.807, 2.05) is 0 Å². The molecular weight excluding hydrogens is 517 g/mol. The van der Waals surface area contributed by atoms with Crippen molar-refractivity contribution in [1.29, 1.82) is 0 Å². The van der Waals surface area contributed by atoms with E-state index in [4.69, 9.17) is 13.6 Å². The molecule has 2 aliphatic carbocycles. The second-order valence-corrected chi connectivity index (χ2v) is 25.2. The van der Waals surface area contributed by atoms with Crippen LogP contribution in [0.3, 0.4) is 0 Å². The van der Waals surface area contributed by atoms with Crippen molar-refractivity contribution in [3.8, 4) is 0 Å². The van der Waals surface area contributed by atoms with Crippen LogP contribution in [0.15, 0.2) is 24.3 Å². The Morgan fingerprint density at radius 1 is 1.05 bits per heavy atom. The third kappa shape index (κ3) is 8.89. The molecule has 0 aliphatic heterocycles. The average Bonchev–Trinajstić information content (AvgIpc) is 3.22. The van der Waals surface area contributed by atoms with Crippen LogP contribution in [0.5, 0.6) is 0 Å². The number of carbonyl (C=O) groups is 1. The minimum absolute atomic E-state index is 0.110. The maximum Gasteiger partial charge on any atom is 0.303 e. The molecule has 0 N–H and O–H groups in total. The zero-order valence-electron chi connectivity index (χ0n) is 27.8. The van der Waals surface area contributed by atoms with Crippen molar-refractivity contribution >= 4 is 22.6 Å². The van der Waals surface area contributed by atoms with Gasteiger partial charge in [0.05, 0.1) is 12.2 Å². The zero-order chi connectivity index (χ0) is 30.0. The van der Waals surface area contributed by atoms with Crippen molar-refractivity contribution in [3.05, 3.63) is 24.3 Å². The van der Waals surface area contributed by atoms with E-state index in [2.05, 4.69) is 100 Å². The molecule has 0 aromatic carbocycles. The predicted octanol–water partition coefficient (Wildman–Crippen LogP) is 9.68. The van der Waals surface area contributed by atoms with Gasteiger partial charge in [0.15, 0.2) is 16.6 Å². The molecule has 4 nitrogen and oxygen atoms in total. The lowest BCUT2D eigenvalue weighted by molar-refractivity contribution is -0.146. The highest BCUT2D eigenvalue weighted by Crippen LogP contribution is 2.54. The van der Waals surface area contributed by atoms with E-state index in [0.717, 1.165) is 24.8 Å². The van der Waals surface area contributed by atoms with Crippen molar-refractivity contribution in [2.24, 2.45) is 23.7 Å². The van der Waals surface area contributed by atoms with Gasteiger partial charge in [-0.05, 0) is 72.9 Å². The van der Waals surface area contributed by atoms with Crippen molar-refractivity contribution in [2.45, 2.75) is 155 Å². The lowest BCUT2D eigenvalue weighted by atomic mass is 9.89. The fourth-order valence-electron chi connectivity index (χ4n) is 5.86. The van der Waals surface area contributed by atoms with E-state index >= 15 is 0 Å². The van der Waals surface area contributed by atoms with Gasteiger partial charge >= 0.3 is 5.97 Å². The topological polar surface area (TPSA) is 44.8 Å². The standard InChI is InChI=1S/C33H62O4Si2/c1-15-16-17-23(2)20-26(36-38(11,12)32(5,6)7)18-19-27-28-21-24(3)31(35-25(4)34)29(28)22-30(27)37-39(13,14)33(8,9)10/h18-19,23,26-31H,3,15-17,20-22H2,1-2,4-14H3/b19-18+/t23-,26-,27+,28-,29+,30-,31?/m1/s1. The minimum Gasteiger partial charge on any atom is -0.458 e. The van der Waals surface area contributed by atoms with Crippen LogP contribution < -0.4 is 0 Å². The first-order chi connectivity index (χ1) is 17.7. The summed E-state index contributed by atoms with van der Waals surface area (Å²) in [7, 11) is -3.92. The fourth-order valence-corrected chi connectivity index (χ4v) is 8.51. The molecule has 7 atom stereocenters. The van der Waals surface area contributed by atoms with E-state index < -0.39 is 16.6 Å². The molecule has 1 unspecified atom stereocenters. The molecule has 39 heavy (non-hydrogen) atoms. The molecule has 2 rings (SSSR count). The summed E-state index contributed by atoms with van der Waals surface area (Å²) in [6, 6.07) is 0. The lowest BCUT2D eigenvalue weighted by Gasteiger charge is -2.40. The number of carbonyl (C=O) groups excluding carboxylic acids is 1. The Hall–Kier alpha value is -0.696. The maximum absolute atomic E-state index is 11.9. The van der Waals surface area contributed by atoms with Crippen LogP contribution in [-0.2, 0) is 18.4 Å². The molecule has 2 fully saturated rings. The third-order valence-electron chi connectivity index (χ3n) is 10.3. The molecule has 0 saturated heterocycles. The summed E-state index contributed by atoms with van der Waals surface area (Å²) in [5, 5.41) is 0.305. The van der Waals surface area contributed by atoms with Gasteiger partial charge in [0, 0.05) is 18.8 Å². The van der Waals surface area contributed by atoms with Gasteiger partial charge < -0.3 is 13.6 Å². The van der Waals surface area contributed by atoms with E-state index in [1.54, 1.807) is 0 Å². The fraction of sp³-hybridized carbons (Fsp3) is 0.848. The Kier molecular flexibility index (Phi) is 11.6. The van der Waals surface area contributed by atoms with Crippen LogP contribution in [-0.4, -0.2) is 40.9 Å². The van der Waals surface area contributed by atoms with E-state index in [1.165, 1.54) is 26.2 Å². The number of rotatable bonds is 12. The summed E-state index contributed by atoms with van der Waals surface area (Å²) in [5.41, 5.74) is 1.06. The van der Waals surface area contributed by atoms with Gasteiger partial charge in [0.25, 0.3) is 0 Å². The molecular formula is C33H62O4Si2. The smallest absolute Gasteiger partial charge is 0.303 e. The van der Waals surface area contributed by atoms with E-state index in [0.29, 0.717) is 11.8 Å². The molecule has 2 saturated carbocycles. The van der Waals surface area contributed by atoms with Crippen molar-refractivity contribution in [3.63, 3.8) is 0 Å². The Bertz CT molecular complexity index is 864. The number of hydrogen-bond donors (Lipinski definition) is 0. The van der Waals surface area contributed by atoms with Gasteiger partial charge in [0.2, 0.25) is 0 Å². The molecule has 0 aromatic heterocycles. The highest BCUT2D eigenvalue weighted by atomic mass is 28.4. The summed E-state index contributed by atoms with van der Waals surface area (Å²) >= 11 is 0. The van der Waals surface area contributed by atoms with Crippen molar-refractivity contribution in [2.75, 3.05) is 0 Å². The van der Waals surface area contributed by atoms with E-state index in [9.17, 15) is 4.79 Å². The number of esters is 1. The number of hydrogen-bond acceptors (Lipinski definition) is 4. The first-order valence-corrected chi connectivity index (χ1v) is 21.4.